The fraction of sp³-hybridized carbons (Fsp3) is 0.364. The van der Waals surface area contributed by atoms with E-state index in [1.54, 1.807) is 0 Å². The second-order valence-corrected chi connectivity index (χ2v) is 3.49. The monoisotopic (exact) mass is 248 g/mol. The van der Waals surface area contributed by atoms with E-state index in [-0.39, 0.29) is 5.56 Å². The zero-order valence-electron chi connectivity index (χ0n) is 8.99. The summed E-state index contributed by atoms with van der Waals surface area (Å²) in [5.41, 5.74) is 0.0779. The number of carboxylic acid groups (broad SMARTS) is 1. The van der Waals surface area contributed by atoms with E-state index in [0.29, 0.717) is 5.75 Å². The number of halogens is 3. The molecule has 0 aromatic heterocycles. The average Bonchev–Trinajstić information content (AvgIpc) is 2.24. The van der Waals surface area contributed by atoms with Gasteiger partial charge in [0, 0.05) is 0 Å². The number of benzene rings is 1. The molecule has 1 rings (SSSR count). The number of carbonyl (C=O) groups is 1. The first-order chi connectivity index (χ1) is 7.83. The SMILES string of the molecule is COc1cccc([C@H](CC(F)(F)F)C(=O)O)c1. The van der Waals surface area contributed by atoms with Gasteiger partial charge in [0.25, 0.3) is 0 Å². The van der Waals surface area contributed by atoms with Gasteiger partial charge in [-0.1, -0.05) is 12.1 Å². The molecule has 0 radical (unpaired) electrons. The molecule has 0 unspecified atom stereocenters. The van der Waals surface area contributed by atoms with Crippen LogP contribution in [-0.2, 0) is 4.79 Å². The maximum atomic E-state index is 12.2. The highest BCUT2D eigenvalue weighted by Gasteiger charge is 2.36. The Morgan fingerprint density at radius 2 is 2.12 bits per heavy atom. The van der Waals surface area contributed by atoms with E-state index in [1.165, 1.54) is 31.4 Å². The second-order valence-electron chi connectivity index (χ2n) is 3.49. The van der Waals surface area contributed by atoms with Crippen LogP contribution in [0.5, 0.6) is 5.75 Å². The van der Waals surface area contributed by atoms with Crippen LogP contribution in [0.4, 0.5) is 13.2 Å². The highest BCUT2D eigenvalue weighted by Crippen LogP contribution is 2.32. The highest BCUT2D eigenvalue weighted by atomic mass is 19.4. The maximum Gasteiger partial charge on any atom is 0.390 e. The minimum Gasteiger partial charge on any atom is -0.497 e. The van der Waals surface area contributed by atoms with Crippen molar-refractivity contribution in [2.75, 3.05) is 7.11 Å². The van der Waals surface area contributed by atoms with Crippen LogP contribution in [0.25, 0.3) is 0 Å². The lowest BCUT2D eigenvalue weighted by Gasteiger charge is -2.15. The van der Waals surface area contributed by atoms with Gasteiger partial charge in [0.15, 0.2) is 0 Å². The molecule has 0 saturated carbocycles. The molecule has 0 aliphatic carbocycles. The van der Waals surface area contributed by atoms with Crippen LogP contribution in [0, 0.1) is 0 Å². The topological polar surface area (TPSA) is 46.5 Å². The molecule has 0 aliphatic rings. The van der Waals surface area contributed by atoms with Crippen molar-refractivity contribution in [2.24, 2.45) is 0 Å². The number of aliphatic carboxylic acids is 1. The van der Waals surface area contributed by atoms with E-state index in [1.807, 2.05) is 0 Å². The Labute approximate surface area is 95.8 Å². The van der Waals surface area contributed by atoms with Gasteiger partial charge >= 0.3 is 12.1 Å². The van der Waals surface area contributed by atoms with Gasteiger partial charge in [0.1, 0.15) is 5.75 Å². The summed E-state index contributed by atoms with van der Waals surface area (Å²) in [6, 6.07) is 5.63. The summed E-state index contributed by atoms with van der Waals surface area (Å²) in [7, 11) is 1.36. The van der Waals surface area contributed by atoms with Gasteiger partial charge in [0.2, 0.25) is 0 Å². The molecule has 94 valence electrons. The van der Waals surface area contributed by atoms with Crippen molar-refractivity contribution in [3.8, 4) is 5.75 Å². The molecule has 0 bridgehead atoms. The van der Waals surface area contributed by atoms with E-state index in [0.717, 1.165) is 0 Å². The molecule has 3 nitrogen and oxygen atoms in total. The second kappa shape index (κ2) is 5.07. The lowest BCUT2D eigenvalue weighted by Crippen LogP contribution is -2.20. The molecule has 0 amide bonds. The van der Waals surface area contributed by atoms with E-state index < -0.39 is 24.5 Å². The summed E-state index contributed by atoms with van der Waals surface area (Å²) < 4.78 is 41.6. The average molecular weight is 248 g/mol. The molecule has 0 aliphatic heterocycles. The van der Waals surface area contributed by atoms with Crippen LogP contribution in [0.2, 0.25) is 0 Å². The highest BCUT2D eigenvalue weighted by molar-refractivity contribution is 5.76. The van der Waals surface area contributed by atoms with Crippen LogP contribution in [0.1, 0.15) is 17.9 Å². The molecule has 6 heteroatoms. The fourth-order valence-electron chi connectivity index (χ4n) is 1.44. The van der Waals surface area contributed by atoms with Crippen molar-refractivity contribution in [1.29, 1.82) is 0 Å². The Morgan fingerprint density at radius 1 is 1.47 bits per heavy atom. The van der Waals surface area contributed by atoms with Gasteiger partial charge in [-0.05, 0) is 17.7 Å². The molecular formula is C11H11F3O3. The van der Waals surface area contributed by atoms with Gasteiger partial charge in [-0.15, -0.1) is 0 Å². The minimum absolute atomic E-state index is 0.0779. The van der Waals surface area contributed by atoms with Gasteiger partial charge < -0.3 is 9.84 Å². The van der Waals surface area contributed by atoms with Crippen molar-refractivity contribution in [2.45, 2.75) is 18.5 Å². The van der Waals surface area contributed by atoms with Crippen LogP contribution in [0.15, 0.2) is 24.3 Å². The summed E-state index contributed by atoms with van der Waals surface area (Å²) in [5, 5.41) is 8.81. The summed E-state index contributed by atoms with van der Waals surface area (Å²) in [6.45, 7) is 0. The first-order valence-corrected chi connectivity index (χ1v) is 4.77. The smallest absolute Gasteiger partial charge is 0.390 e. The number of methoxy groups -OCH3 is 1. The molecule has 1 N–H and O–H groups in total. The van der Waals surface area contributed by atoms with E-state index in [2.05, 4.69) is 0 Å². The quantitative estimate of drug-likeness (QED) is 0.891. The third-order valence-electron chi connectivity index (χ3n) is 2.23. The van der Waals surface area contributed by atoms with Gasteiger partial charge in [-0.2, -0.15) is 13.2 Å². The van der Waals surface area contributed by atoms with Crippen LogP contribution >= 0.6 is 0 Å². The zero-order valence-corrected chi connectivity index (χ0v) is 8.99. The van der Waals surface area contributed by atoms with Gasteiger partial charge in [0.05, 0.1) is 19.4 Å². The largest absolute Gasteiger partial charge is 0.497 e. The number of hydrogen-bond acceptors (Lipinski definition) is 2. The van der Waals surface area contributed by atoms with Gasteiger partial charge in [-0.3, -0.25) is 4.79 Å². The standard InChI is InChI=1S/C11H11F3O3/c1-17-8-4-2-3-7(5-8)9(10(15)16)6-11(12,13)14/h2-5,9H,6H2,1H3,(H,15,16)/t9-/m0/s1. The van der Waals surface area contributed by atoms with Crippen molar-refractivity contribution >= 4 is 5.97 Å². The Kier molecular flexibility index (Phi) is 3.98. The third-order valence-corrected chi connectivity index (χ3v) is 2.23. The van der Waals surface area contributed by atoms with E-state index in [4.69, 9.17) is 9.84 Å². The maximum absolute atomic E-state index is 12.2. The third kappa shape index (κ3) is 3.97. The molecule has 17 heavy (non-hydrogen) atoms. The number of ether oxygens (including phenoxy) is 1. The molecule has 0 heterocycles. The Balaban J connectivity index is 3.01. The predicted octanol–water partition coefficient (Wildman–Crippen LogP) is 2.82. The molecule has 0 saturated heterocycles. The molecule has 1 aromatic rings. The Hall–Kier alpha value is -1.72. The van der Waals surface area contributed by atoms with Crippen LogP contribution in [-0.4, -0.2) is 24.4 Å². The number of carboxylic acids is 1. The lowest BCUT2D eigenvalue weighted by molar-refractivity contribution is -0.157. The number of hydrogen-bond donors (Lipinski definition) is 1. The molecule has 0 fully saturated rings. The first kappa shape index (κ1) is 13.3. The van der Waals surface area contributed by atoms with Crippen molar-refractivity contribution in [1.82, 2.24) is 0 Å². The minimum atomic E-state index is -4.52. The Bertz CT molecular complexity index is 401. The van der Waals surface area contributed by atoms with Crippen molar-refractivity contribution < 1.29 is 27.8 Å². The summed E-state index contributed by atoms with van der Waals surface area (Å²) in [4.78, 5) is 10.8. The lowest BCUT2D eigenvalue weighted by atomic mass is 9.95. The number of rotatable bonds is 4. The molecular weight excluding hydrogens is 237 g/mol. The summed E-state index contributed by atoms with van der Waals surface area (Å²) >= 11 is 0. The molecule has 1 atom stereocenters. The zero-order chi connectivity index (χ0) is 13.1. The van der Waals surface area contributed by atoms with E-state index in [9.17, 15) is 18.0 Å². The fourth-order valence-corrected chi connectivity index (χ4v) is 1.44. The summed E-state index contributed by atoms with van der Waals surface area (Å²) in [5.74, 6) is -2.78. The first-order valence-electron chi connectivity index (χ1n) is 4.77. The predicted molar refractivity (Wildman–Crippen MR) is 54.0 cm³/mol. The van der Waals surface area contributed by atoms with Crippen LogP contribution < -0.4 is 4.74 Å². The molecule has 1 aromatic carbocycles. The Morgan fingerprint density at radius 3 is 2.59 bits per heavy atom. The molecule has 0 spiro atoms. The van der Waals surface area contributed by atoms with Crippen molar-refractivity contribution in [3.05, 3.63) is 29.8 Å². The number of alkyl halides is 3. The normalized spacial score (nSPS) is 13.2. The van der Waals surface area contributed by atoms with Gasteiger partial charge in [-0.25, -0.2) is 0 Å². The van der Waals surface area contributed by atoms with E-state index >= 15 is 0 Å². The van der Waals surface area contributed by atoms with Crippen LogP contribution in [0.3, 0.4) is 0 Å². The van der Waals surface area contributed by atoms with Crippen molar-refractivity contribution in [3.63, 3.8) is 0 Å². The summed E-state index contributed by atoms with van der Waals surface area (Å²) in [6.07, 6.45) is -5.92.